The molecule has 0 amide bonds. The van der Waals surface area contributed by atoms with Crippen LogP contribution in [0.4, 0.5) is 8.78 Å². The van der Waals surface area contributed by atoms with Crippen molar-refractivity contribution in [3.8, 4) is 0 Å². The minimum Gasteiger partial charge on any atom is -0.305 e. The lowest BCUT2D eigenvalue weighted by atomic mass is 9.74. The van der Waals surface area contributed by atoms with Crippen molar-refractivity contribution in [1.82, 2.24) is 0 Å². The standard InChI is InChI=1S/C8H17BF2O3P/c1-4-7-9-8(10,11)15(12,13-5-2)14-6-3/h4-7H2,1-3H3. The fourth-order valence-electron chi connectivity index (χ4n) is 0.979. The first kappa shape index (κ1) is 15.1. The molecular formula is C8H17BF2O3P. The van der Waals surface area contributed by atoms with Crippen molar-refractivity contribution in [2.24, 2.45) is 0 Å². The number of rotatable bonds is 8. The Morgan fingerprint density at radius 3 is 2.00 bits per heavy atom. The molecule has 0 saturated heterocycles. The van der Waals surface area contributed by atoms with Crippen molar-refractivity contribution in [3.63, 3.8) is 0 Å². The van der Waals surface area contributed by atoms with Crippen LogP contribution in [0.5, 0.6) is 0 Å². The normalized spacial score (nSPS) is 12.9. The predicted molar refractivity (Wildman–Crippen MR) is 56.7 cm³/mol. The molecule has 0 N–H and O–H groups in total. The van der Waals surface area contributed by atoms with Crippen molar-refractivity contribution in [3.05, 3.63) is 0 Å². The van der Waals surface area contributed by atoms with Gasteiger partial charge in [0.15, 0.2) is 0 Å². The third-order valence-corrected chi connectivity index (χ3v) is 3.75. The topological polar surface area (TPSA) is 35.5 Å². The molecule has 0 aliphatic rings. The predicted octanol–water partition coefficient (Wildman–Crippen LogP) is 3.34. The molecule has 0 rings (SSSR count). The summed E-state index contributed by atoms with van der Waals surface area (Å²) in [6.45, 7) is 4.64. The quantitative estimate of drug-likeness (QED) is 0.482. The van der Waals surface area contributed by atoms with E-state index in [1.807, 2.05) is 0 Å². The average molecular weight is 241 g/mol. The molecule has 7 heteroatoms. The van der Waals surface area contributed by atoms with Crippen molar-refractivity contribution >= 4 is 14.9 Å². The summed E-state index contributed by atoms with van der Waals surface area (Å²) in [5.41, 5.74) is -3.50. The Kier molecular flexibility index (Phi) is 6.65. The zero-order chi connectivity index (χ0) is 11.9. The summed E-state index contributed by atoms with van der Waals surface area (Å²) >= 11 is 0. The van der Waals surface area contributed by atoms with E-state index >= 15 is 0 Å². The van der Waals surface area contributed by atoms with Crippen LogP contribution in [0.3, 0.4) is 0 Å². The summed E-state index contributed by atoms with van der Waals surface area (Å²) in [5.74, 6) is 0. The Bertz CT molecular complexity index is 216. The van der Waals surface area contributed by atoms with Crippen molar-refractivity contribution < 1.29 is 22.4 Å². The lowest BCUT2D eigenvalue weighted by Gasteiger charge is -2.25. The van der Waals surface area contributed by atoms with Gasteiger partial charge in [-0.15, -0.1) is 0 Å². The van der Waals surface area contributed by atoms with E-state index in [4.69, 9.17) is 0 Å². The average Bonchev–Trinajstić information content (AvgIpc) is 2.15. The summed E-state index contributed by atoms with van der Waals surface area (Å²) in [4.78, 5) is 0. The molecule has 89 valence electrons. The Hall–Kier alpha value is 0.0749. The van der Waals surface area contributed by atoms with E-state index in [0.29, 0.717) is 13.7 Å². The van der Waals surface area contributed by atoms with Gasteiger partial charge in [0.1, 0.15) is 0 Å². The van der Waals surface area contributed by atoms with Gasteiger partial charge in [-0.25, -0.2) is 8.78 Å². The fraction of sp³-hybridized carbons (Fsp3) is 1.00. The smallest absolute Gasteiger partial charge is 0.305 e. The first-order chi connectivity index (χ1) is 6.93. The minimum atomic E-state index is -4.34. The highest BCUT2D eigenvalue weighted by atomic mass is 31.2. The summed E-state index contributed by atoms with van der Waals surface area (Å²) < 4.78 is 47.8. The van der Waals surface area contributed by atoms with E-state index < -0.39 is 13.2 Å². The summed E-state index contributed by atoms with van der Waals surface area (Å²) in [7, 11) is -3.63. The summed E-state index contributed by atoms with van der Waals surface area (Å²) in [5, 5.41) is 0. The van der Waals surface area contributed by atoms with Gasteiger partial charge in [0, 0.05) is 0 Å². The molecule has 0 aromatic heterocycles. The van der Waals surface area contributed by atoms with E-state index in [9.17, 15) is 13.3 Å². The van der Waals surface area contributed by atoms with E-state index in [1.54, 1.807) is 6.92 Å². The van der Waals surface area contributed by atoms with Crippen LogP contribution in [-0.2, 0) is 13.6 Å². The molecule has 0 saturated carbocycles. The SMILES string of the molecule is CCC[B]C(F)(F)P(=O)(OCC)OCC. The molecule has 0 aliphatic carbocycles. The van der Waals surface area contributed by atoms with Gasteiger partial charge < -0.3 is 9.05 Å². The second-order valence-electron chi connectivity index (χ2n) is 2.91. The van der Waals surface area contributed by atoms with Crippen LogP contribution < -0.4 is 0 Å². The molecule has 1 radical (unpaired) electrons. The van der Waals surface area contributed by atoms with Gasteiger partial charge in [0.05, 0.1) is 13.2 Å². The maximum Gasteiger partial charge on any atom is 0.389 e. The summed E-state index contributed by atoms with van der Waals surface area (Å²) in [6.07, 6.45) is 0.741. The molecule has 0 spiro atoms. The molecule has 0 heterocycles. The van der Waals surface area contributed by atoms with Crippen molar-refractivity contribution in [1.29, 1.82) is 0 Å². The Morgan fingerprint density at radius 1 is 1.20 bits per heavy atom. The van der Waals surface area contributed by atoms with Crippen molar-refractivity contribution in [2.75, 3.05) is 13.2 Å². The van der Waals surface area contributed by atoms with Gasteiger partial charge in [-0.2, -0.15) is 0 Å². The van der Waals surface area contributed by atoms with Gasteiger partial charge in [-0.05, 0) is 13.8 Å². The first-order valence-corrected chi connectivity index (χ1v) is 6.59. The largest absolute Gasteiger partial charge is 0.389 e. The van der Waals surface area contributed by atoms with Crippen LogP contribution in [-0.4, -0.2) is 26.1 Å². The third-order valence-electron chi connectivity index (χ3n) is 1.64. The summed E-state index contributed by atoms with van der Waals surface area (Å²) in [6, 6.07) is 0. The van der Waals surface area contributed by atoms with E-state index in [2.05, 4.69) is 9.05 Å². The Morgan fingerprint density at radius 2 is 1.67 bits per heavy atom. The Labute approximate surface area is 90.3 Å². The molecule has 15 heavy (non-hydrogen) atoms. The molecule has 0 aromatic rings. The highest BCUT2D eigenvalue weighted by Crippen LogP contribution is 2.61. The number of alkyl halides is 2. The van der Waals surface area contributed by atoms with Gasteiger partial charge in [0.25, 0.3) is 0 Å². The molecule has 0 atom stereocenters. The Balaban J connectivity index is 4.64. The van der Waals surface area contributed by atoms with Crippen LogP contribution in [0.1, 0.15) is 27.2 Å². The molecule has 0 aromatic carbocycles. The van der Waals surface area contributed by atoms with Gasteiger partial charge in [-0.3, -0.25) is 4.57 Å². The van der Waals surface area contributed by atoms with E-state index in [-0.39, 0.29) is 19.5 Å². The maximum atomic E-state index is 13.5. The van der Waals surface area contributed by atoms with E-state index in [1.165, 1.54) is 13.8 Å². The van der Waals surface area contributed by atoms with Crippen LogP contribution >= 0.6 is 7.60 Å². The lowest BCUT2D eigenvalue weighted by molar-refractivity contribution is 0.102. The number of hydrogen-bond donors (Lipinski definition) is 0. The van der Waals surface area contributed by atoms with Gasteiger partial charge in [-0.1, -0.05) is 19.7 Å². The highest BCUT2D eigenvalue weighted by Gasteiger charge is 2.52. The molecular weight excluding hydrogens is 224 g/mol. The second kappa shape index (κ2) is 6.61. The second-order valence-corrected chi connectivity index (χ2v) is 5.02. The van der Waals surface area contributed by atoms with Gasteiger partial charge >= 0.3 is 13.2 Å². The molecule has 0 aliphatic heterocycles. The van der Waals surface area contributed by atoms with Gasteiger partial charge in [0.2, 0.25) is 7.28 Å². The number of hydrogen-bond acceptors (Lipinski definition) is 3. The zero-order valence-electron chi connectivity index (χ0n) is 9.33. The third kappa shape index (κ3) is 4.21. The lowest BCUT2D eigenvalue weighted by Crippen LogP contribution is -2.27. The molecule has 3 nitrogen and oxygen atoms in total. The molecule has 0 unspecified atom stereocenters. The molecule has 0 bridgehead atoms. The maximum absolute atomic E-state index is 13.5. The monoisotopic (exact) mass is 241 g/mol. The van der Waals surface area contributed by atoms with Crippen LogP contribution in [0.25, 0.3) is 0 Å². The highest BCUT2D eigenvalue weighted by molar-refractivity contribution is 7.57. The van der Waals surface area contributed by atoms with Crippen LogP contribution in [0.15, 0.2) is 0 Å². The van der Waals surface area contributed by atoms with Crippen LogP contribution in [0.2, 0.25) is 6.32 Å². The fourth-order valence-corrected chi connectivity index (χ4v) is 2.43. The van der Waals surface area contributed by atoms with Crippen molar-refractivity contribution in [2.45, 2.75) is 39.1 Å². The minimum absolute atomic E-state index is 0.0627. The molecule has 0 fully saturated rings. The van der Waals surface area contributed by atoms with Crippen LogP contribution in [0, 0.1) is 0 Å². The first-order valence-electron chi connectivity index (χ1n) is 5.04. The van der Waals surface area contributed by atoms with E-state index in [0.717, 1.165) is 0 Å². The zero-order valence-corrected chi connectivity index (χ0v) is 10.2. The number of halogens is 2.